The summed E-state index contributed by atoms with van der Waals surface area (Å²) in [5.74, 6) is 1.64. The SMILES string of the molecule is CCc1ccccc1OCc1ncc(CNCC(C)C)s1. The van der Waals surface area contributed by atoms with Crippen molar-refractivity contribution in [1.29, 1.82) is 0 Å². The van der Waals surface area contributed by atoms with Crippen molar-refractivity contribution < 1.29 is 4.74 Å². The highest BCUT2D eigenvalue weighted by atomic mass is 32.1. The Labute approximate surface area is 131 Å². The van der Waals surface area contributed by atoms with E-state index in [1.807, 2.05) is 24.4 Å². The van der Waals surface area contributed by atoms with E-state index >= 15 is 0 Å². The van der Waals surface area contributed by atoms with Gasteiger partial charge in [0, 0.05) is 17.6 Å². The number of para-hydroxylation sites is 1. The smallest absolute Gasteiger partial charge is 0.140 e. The molecule has 0 aliphatic carbocycles. The fourth-order valence-electron chi connectivity index (χ4n) is 2.06. The lowest BCUT2D eigenvalue weighted by molar-refractivity contribution is 0.302. The lowest BCUT2D eigenvalue weighted by Crippen LogP contribution is -2.18. The Morgan fingerprint density at radius 1 is 1.29 bits per heavy atom. The third-order valence-electron chi connectivity index (χ3n) is 3.16. The molecular formula is C17H24N2OS. The molecule has 2 aromatic rings. The number of hydrogen-bond acceptors (Lipinski definition) is 4. The van der Waals surface area contributed by atoms with Gasteiger partial charge < -0.3 is 10.1 Å². The van der Waals surface area contributed by atoms with E-state index < -0.39 is 0 Å². The van der Waals surface area contributed by atoms with Gasteiger partial charge in [-0.2, -0.15) is 0 Å². The van der Waals surface area contributed by atoms with Crippen LogP contribution in [-0.2, 0) is 19.6 Å². The monoisotopic (exact) mass is 304 g/mol. The topological polar surface area (TPSA) is 34.1 Å². The number of rotatable bonds is 8. The Kier molecular flexibility index (Phi) is 6.21. The molecule has 2 rings (SSSR count). The molecule has 0 aliphatic heterocycles. The number of benzene rings is 1. The Morgan fingerprint density at radius 3 is 2.86 bits per heavy atom. The molecule has 0 spiro atoms. The number of nitrogens with zero attached hydrogens (tertiary/aromatic N) is 1. The van der Waals surface area contributed by atoms with Gasteiger partial charge in [0.05, 0.1) is 0 Å². The lowest BCUT2D eigenvalue weighted by atomic mass is 10.1. The highest BCUT2D eigenvalue weighted by molar-refractivity contribution is 7.11. The standard InChI is InChI=1S/C17H24N2OS/c1-4-14-7-5-6-8-16(14)20-12-17-19-11-15(21-17)10-18-9-13(2)3/h5-8,11,13,18H,4,9-10,12H2,1-3H3. The zero-order chi connectivity index (χ0) is 15.1. The first kappa shape index (κ1) is 16.0. The van der Waals surface area contributed by atoms with Crippen LogP contribution in [0.4, 0.5) is 0 Å². The Bertz CT molecular complexity index is 551. The molecule has 1 N–H and O–H groups in total. The van der Waals surface area contributed by atoms with Gasteiger partial charge in [0.1, 0.15) is 17.4 Å². The molecule has 21 heavy (non-hydrogen) atoms. The predicted molar refractivity (Wildman–Crippen MR) is 88.8 cm³/mol. The third kappa shape index (κ3) is 5.14. The van der Waals surface area contributed by atoms with E-state index in [2.05, 4.69) is 37.1 Å². The largest absolute Gasteiger partial charge is 0.486 e. The molecule has 0 atom stereocenters. The molecule has 0 radical (unpaired) electrons. The van der Waals surface area contributed by atoms with Crippen molar-refractivity contribution in [3.63, 3.8) is 0 Å². The highest BCUT2D eigenvalue weighted by Crippen LogP contribution is 2.21. The van der Waals surface area contributed by atoms with E-state index in [0.29, 0.717) is 12.5 Å². The molecular weight excluding hydrogens is 280 g/mol. The number of aryl methyl sites for hydroxylation is 1. The minimum absolute atomic E-state index is 0.547. The summed E-state index contributed by atoms with van der Waals surface area (Å²) >= 11 is 1.72. The molecule has 0 amide bonds. The van der Waals surface area contributed by atoms with Gasteiger partial charge >= 0.3 is 0 Å². The first-order valence-corrected chi connectivity index (χ1v) is 8.35. The summed E-state index contributed by atoms with van der Waals surface area (Å²) in [5, 5.41) is 4.47. The summed E-state index contributed by atoms with van der Waals surface area (Å²) < 4.78 is 5.90. The Hall–Kier alpha value is -1.39. The van der Waals surface area contributed by atoms with Crippen molar-refractivity contribution >= 4 is 11.3 Å². The fourth-order valence-corrected chi connectivity index (χ4v) is 2.86. The molecule has 1 heterocycles. The molecule has 0 unspecified atom stereocenters. The van der Waals surface area contributed by atoms with Crippen molar-refractivity contribution in [1.82, 2.24) is 10.3 Å². The number of aromatic nitrogens is 1. The molecule has 0 saturated carbocycles. The minimum atomic E-state index is 0.547. The maximum absolute atomic E-state index is 5.90. The molecule has 4 heteroatoms. The summed E-state index contributed by atoms with van der Waals surface area (Å²) in [5.41, 5.74) is 1.24. The second-order valence-electron chi connectivity index (χ2n) is 5.50. The Morgan fingerprint density at radius 2 is 2.10 bits per heavy atom. The number of thiazole rings is 1. The van der Waals surface area contributed by atoms with Gasteiger partial charge in [0.2, 0.25) is 0 Å². The molecule has 0 fully saturated rings. The third-order valence-corrected chi connectivity index (χ3v) is 4.13. The van der Waals surface area contributed by atoms with E-state index in [0.717, 1.165) is 30.3 Å². The number of nitrogens with one attached hydrogen (secondary N) is 1. The van der Waals surface area contributed by atoms with Crippen molar-refractivity contribution in [2.45, 2.75) is 40.3 Å². The van der Waals surface area contributed by atoms with Crippen LogP contribution in [0.2, 0.25) is 0 Å². The van der Waals surface area contributed by atoms with Crippen LogP contribution in [0, 0.1) is 5.92 Å². The van der Waals surface area contributed by atoms with Crippen LogP contribution in [0.5, 0.6) is 5.75 Å². The normalized spacial score (nSPS) is 11.0. The van der Waals surface area contributed by atoms with Crippen molar-refractivity contribution in [2.75, 3.05) is 6.54 Å². The first-order valence-electron chi connectivity index (χ1n) is 7.54. The Balaban J connectivity index is 1.85. The quantitative estimate of drug-likeness (QED) is 0.799. The van der Waals surface area contributed by atoms with E-state index in [4.69, 9.17) is 4.74 Å². The first-order chi connectivity index (χ1) is 10.2. The van der Waals surface area contributed by atoms with Gasteiger partial charge in [-0.1, -0.05) is 39.0 Å². The van der Waals surface area contributed by atoms with Gasteiger partial charge in [-0.25, -0.2) is 4.98 Å². The van der Waals surface area contributed by atoms with Crippen molar-refractivity contribution in [2.24, 2.45) is 5.92 Å². The van der Waals surface area contributed by atoms with Crippen molar-refractivity contribution in [3.05, 3.63) is 45.9 Å². The van der Waals surface area contributed by atoms with Crippen LogP contribution in [0.15, 0.2) is 30.5 Å². The second kappa shape index (κ2) is 8.15. The summed E-state index contributed by atoms with van der Waals surface area (Å²) in [7, 11) is 0. The van der Waals surface area contributed by atoms with E-state index in [1.54, 1.807) is 11.3 Å². The minimum Gasteiger partial charge on any atom is -0.486 e. The van der Waals surface area contributed by atoms with Crippen LogP contribution in [0.1, 0.15) is 36.2 Å². The van der Waals surface area contributed by atoms with E-state index in [9.17, 15) is 0 Å². The average Bonchev–Trinajstić information content (AvgIpc) is 2.93. The van der Waals surface area contributed by atoms with Gasteiger partial charge in [-0.15, -0.1) is 11.3 Å². The van der Waals surface area contributed by atoms with Crippen LogP contribution in [0.3, 0.4) is 0 Å². The molecule has 1 aromatic heterocycles. The molecule has 3 nitrogen and oxygen atoms in total. The second-order valence-corrected chi connectivity index (χ2v) is 6.69. The number of hydrogen-bond donors (Lipinski definition) is 1. The van der Waals surface area contributed by atoms with Crippen LogP contribution in [-0.4, -0.2) is 11.5 Å². The van der Waals surface area contributed by atoms with Gasteiger partial charge in [0.15, 0.2) is 0 Å². The van der Waals surface area contributed by atoms with E-state index in [-0.39, 0.29) is 0 Å². The summed E-state index contributed by atoms with van der Waals surface area (Å²) in [6.07, 6.45) is 2.93. The highest BCUT2D eigenvalue weighted by Gasteiger charge is 2.05. The maximum atomic E-state index is 5.90. The zero-order valence-corrected chi connectivity index (χ0v) is 13.9. The summed E-state index contributed by atoms with van der Waals surface area (Å²) in [6, 6.07) is 8.20. The van der Waals surface area contributed by atoms with Gasteiger partial charge in [-0.05, 0) is 30.5 Å². The van der Waals surface area contributed by atoms with Crippen LogP contribution in [0.25, 0.3) is 0 Å². The average molecular weight is 304 g/mol. The van der Waals surface area contributed by atoms with Gasteiger partial charge in [0.25, 0.3) is 0 Å². The lowest BCUT2D eigenvalue weighted by Gasteiger charge is -2.08. The summed E-state index contributed by atoms with van der Waals surface area (Å²) in [6.45, 7) is 9.04. The molecule has 0 aliphatic rings. The van der Waals surface area contributed by atoms with Crippen LogP contribution >= 0.6 is 11.3 Å². The number of ether oxygens (including phenoxy) is 1. The summed E-state index contributed by atoms with van der Waals surface area (Å²) in [4.78, 5) is 5.70. The molecule has 114 valence electrons. The molecule has 0 bridgehead atoms. The maximum Gasteiger partial charge on any atom is 0.140 e. The molecule has 1 aromatic carbocycles. The van der Waals surface area contributed by atoms with Gasteiger partial charge in [-0.3, -0.25) is 0 Å². The van der Waals surface area contributed by atoms with Crippen molar-refractivity contribution in [3.8, 4) is 5.75 Å². The zero-order valence-electron chi connectivity index (χ0n) is 13.1. The van der Waals surface area contributed by atoms with E-state index in [1.165, 1.54) is 10.4 Å². The molecule has 0 saturated heterocycles. The fraction of sp³-hybridized carbons (Fsp3) is 0.471. The predicted octanol–water partition coefficient (Wildman–Crippen LogP) is 4.03. The van der Waals surface area contributed by atoms with Crippen LogP contribution < -0.4 is 10.1 Å².